The molecule has 7 nitrogen and oxygen atoms in total. The van der Waals surface area contributed by atoms with Gasteiger partial charge in [0, 0.05) is 41.5 Å². The third-order valence-electron chi connectivity index (χ3n) is 4.45. The van der Waals surface area contributed by atoms with Crippen molar-refractivity contribution in [3.63, 3.8) is 0 Å². The number of halogens is 2. The van der Waals surface area contributed by atoms with Crippen LogP contribution in [0, 0.1) is 12.7 Å². The minimum atomic E-state index is -0.460. The lowest BCUT2D eigenvalue weighted by Gasteiger charge is -2.09. The lowest BCUT2D eigenvalue weighted by Crippen LogP contribution is -2.13. The van der Waals surface area contributed by atoms with Gasteiger partial charge in [0.05, 0.1) is 5.69 Å². The van der Waals surface area contributed by atoms with Crippen LogP contribution in [0.4, 0.5) is 10.1 Å². The monoisotopic (exact) mass is 425 g/mol. The molecular formula is C21H17ClFN5O2. The SMILES string of the molecule is Cc1nccn1-c1ccc(NC(=O)CCc2nc(-c3ccc(Cl)cc3)no2)cc1F. The number of hydrogen-bond donors (Lipinski definition) is 1. The van der Waals surface area contributed by atoms with Crippen LogP contribution in [0.25, 0.3) is 17.1 Å². The van der Waals surface area contributed by atoms with Gasteiger partial charge in [-0.2, -0.15) is 4.98 Å². The van der Waals surface area contributed by atoms with Crippen LogP contribution >= 0.6 is 11.6 Å². The van der Waals surface area contributed by atoms with Gasteiger partial charge in [-0.05, 0) is 49.4 Å². The summed E-state index contributed by atoms with van der Waals surface area (Å²) in [5, 5.41) is 7.20. The van der Waals surface area contributed by atoms with Gasteiger partial charge in [0.2, 0.25) is 17.6 Å². The number of rotatable bonds is 6. The lowest BCUT2D eigenvalue weighted by atomic mass is 10.2. The van der Waals surface area contributed by atoms with Gasteiger partial charge in [0.1, 0.15) is 11.6 Å². The predicted octanol–water partition coefficient (Wildman–Crippen LogP) is 4.59. The molecule has 0 spiro atoms. The Morgan fingerprint density at radius 1 is 1.23 bits per heavy atom. The van der Waals surface area contributed by atoms with Crippen LogP contribution in [-0.2, 0) is 11.2 Å². The molecule has 2 aromatic carbocycles. The maximum atomic E-state index is 14.4. The van der Waals surface area contributed by atoms with Crippen molar-refractivity contribution < 1.29 is 13.7 Å². The largest absolute Gasteiger partial charge is 0.339 e. The summed E-state index contributed by atoms with van der Waals surface area (Å²) >= 11 is 5.87. The summed E-state index contributed by atoms with van der Waals surface area (Å²) in [4.78, 5) is 20.6. The number of anilines is 1. The first-order valence-corrected chi connectivity index (χ1v) is 9.55. The summed E-state index contributed by atoms with van der Waals surface area (Å²) in [6.07, 6.45) is 3.66. The summed E-state index contributed by atoms with van der Waals surface area (Å²) in [5.41, 5.74) is 1.50. The summed E-state index contributed by atoms with van der Waals surface area (Å²) in [6.45, 7) is 1.78. The number of aryl methyl sites for hydroxylation is 2. The van der Waals surface area contributed by atoms with Crippen LogP contribution in [-0.4, -0.2) is 25.6 Å². The maximum Gasteiger partial charge on any atom is 0.227 e. The fourth-order valence-electron chi connectivity index (χ4n) is 2.93. The topological polar surface area (TPSA) is 85.8 Å². The van der Waals surface area contributed by atoms with Crippen molar-refractivity contribution in [3.05, 3.63) is 77.4 Å². The molecule has 1 N–H and O–H groups in total. The molecule has 0 fully saturated rings. The predicted molar refractivity (Wildman–Crippen MR) is 110 cm³/mol. The summed E-state index contributed by atoms with van der Waals surface area (Å²) in [5.74, 6) is 0.690. The highest BCUT2D eigenvalue weighted by Crippen LogP contribution is 2.21. The number of carbonyl (C=O) groups excluding carboxylic acids is 1. The lowest BCUT2D eigenvalue weighted by molar-refractivity contribution is -0.116. The molecule has 1 amide bonds. The zero-order valence-electron chi connectivity index (χ0n) is 16.0. The summed E-state index contributed by atoms with van der Waals surface area (Å²) in [6, 6.07) is 11.5. The first-order chi connectivity index (χ1) is 14.5. The van der Waals surface area contributed by atoms with Gasteiger partial charge in [-0.1, -0.05) is 16.8 Å². The first-order valence-electron chi connectivity index (χ1n) is 9.18. The molecule has 0 atom stereocenters. The molecule has 0 saturated carbocycles. The average molecular weight is 426 g/mol. The van der Waals surface area contributed by atoms with Gasteiger partial charge in [-0.15, -0.1) is 0 Å². The molecule has 0 saturated heterocycles. The molecule has 9 heteroatoms. The maximum absolute atomic E-state index is 14.4. The normalized spacial score (nSPS) is 10.9. The van der Waals surface area contributed by atoms with Crippen LogP contribution in [0.3, 0.4) is 0 Å². The van der Waals surface area contributed by atoms with Crippen LogP contribution in [0.15, 0.2) is 59.4 Å². The van der Waals surface area contributed by atoms with E-state index in [1.165, 1.54) is 6.07 Å². The number of nitrogens with one attached hydrogen (secondary N) is 1. The fourth-order valence-corrected chi connectivity index (χ4v) is 3.06. The highest BCUT2D eigenvalue weighted by molar-refractivity contribution is 6.30. The average Bonchev–Trinajstić information content (AvgIpc) is 3.36. The second-order valence-corrected chi connectivity index (χ2v) is 7.01. The van der Waals surface area contributed by atoms with Crippen molar-refractivity contribution in [1.82, 2.24) is 19.7 Å². The van der Waals surface area contributed by atoms with Crippen LogP contribution in [0.2, 0.25) is 5.02 Å². The second kappa shape index (κ2) is 8.46. The Kier molecular flexibility index (Phi) is 5.58. The molecule has 0 radical (unpaired) electrons. The van der Waals surface area contributed by atoms with Crippen LogP contribution in [0.1, 0.15) is 18.1 Å². The van der Waals surface area contributed by atoms with Crippen LogP contribution in [0.5, 0.6) is 0 Å². The molecule has 0 unspecified atom stereocenters. The van der Waals surface area contributed by atoms with E-state index < -0.39 is 5.82 Å². The van der Waals surface area contributed by atoms with Gasteiger partial charge < -0.3 is 14.4 Å². The smallest absolute Gasteiger partial charge is 0.227 e. The Bertz CT molecular complexity index is 1190. The van der Waals surface area contributed by atoms with Gasteiger partial charge in [0.25, 0.3) is 0 Å². The van der Waals surface area contributed by atoms with Gasteiger partial charge in [-0.3, -0.25) is 4.79 Å². The molecule has 0 aliphatic heterocycles. The third-order valence-corrected chi connectivity index (χ3v) is 4.71. The van der Waals surface area contributed by atoms with E-state index in [-0.39, 0.29) is 18.7 Å². The van der Waals surface area contributed by atoms with E-state index >= 15 is 0 Å². The molecule has 4 aromatic rings. The van der Waals surface area contributed by atoms with Gasteiger partial charge in [0.15, 0.2) is 0 Å². The van der Waals surface area contributed by atoms with Gasteiger partial charge >= 0.3 is 0 Å². The molecular weight excluding hydrogens is 409 g/mol. The van der Waals surface area contributed by atoms with Crippen molar-refractivity contribution in [2.45, 2.75) is 19.8 Å². The highest BCUT2D eigenvalue weighted by atomic mass is 35.5. The molecule has 4 rings (SSSR count). The molecule has 30 heavy (non-hydrogen) atoms. The van der Waals surface area contributed by atoms with E-state index in [1.54, 1.807) is 60.3 Å². The minimum Gasteiger partial charge on any atom is -0.339 e. The van der Waals surface area contributed by atoms with Crippen molar-refractivity contribution in [2.24, 2.45) is 0 Å². The standard InChI is InChI=1S/C21H17ClFN5O2/c1-13-24-10-11-28(13)18-7-6-16(12-17(18)23)25-19(29)8-9-20-26-21(27-30-20)14-2-4-15(22)5-3-14/h2-7,10-12H,8-9H2,1H3,(H,25,29). The summed E-state index contributed by atoms with van der Waals surface area (Å²) in [7, 11) is 0. The second-order valence-electron chi connectivity index (χ2n) is 6.58. The van der Waals surface area contributed by atoms with Crippen molar-refractivity contribution >= 4 is 23.2 Å². The highest BCUT2D eigenvalue weighted by Gasteiger charge is 2.13. The molecule has 2 aromatic heterocycles. The Labute approximate surface area is 176 Å². The zero-order valence-corrected chi connectivity index (χ0v) is 16.7. The quantitative estimate of drug-likeness (QED) is 0.488. The van der Waals surface area contributed by atoms with E-state index in [2.05, 4.69) is 20.4 Å². The van der Waals surface area contributed by atoms with Crippen molar-refractivity contribution in [1.29, 1.82) is 0 Å². The number of amides is 1. The molecule has 0 bridgehead atoms. The third kappa shape index (κ3) is 4.38. The number of imidazole rings is 1. The van der Waals surface area contributed by atoms with Crippen LogP contribution < -0.4 is 5.32 Å². The van der Waals surface area contributed by atoms with E-state index in [0.29, 0.717) is 33.9 Å². The van der Waals surface area contributed by atoms with E-state index in [9.17, 15) is 9.18 Å². The van der Waals surface area contributed by atoms with Gasteiger partial charge in [-0.25, -0.2) is 9.37 Å². The molecule has 0 aliphatic rings. The number of aromatic nitrogens is 4. The van der Waals surface area contributed by atoms with E-state index in [0.717, 1.165) is 5.56 Å². The fraction of sp³-hybridized carbons (Fsp3) is 0.143. The van der Waals surface area contributed by atoms with E-state index in [1.807, 2.05) is 0 Å². The number of nitrogens with zero attached hydrogens (tertiary/aromatic N) is 4. The Morgan fingerprint density at radius 2 is 2.03 bits per heavy atom. The van der Waals surface area contributed by atoms with Crippen molar-refractivity contribution in [2.75, 3.05) is 5.32 Å². The summed E-state index contributed by atoms with van der Waals surface area (Å²) < 4.78 is 21.3. The molecule has 0 aliphatic carbocycles. The zero-order chi connectivity index (χ0) is 21.1. The number of hydrogen-bond acceptors (Lipinski definition) is 5. The Hall–Kier alpha value is -3.52. The Morgan fingerprint density at radius 3 is 2.73 bits per heavy atom. The minimum absolute atomic E-state index is 0.117. The number of benzene rings is 2. The molecule has 2 heterocycles. The van der Waals surface area contributed by atoms with Crippen molar-refractivity contribution in [3.8, 4) is 17.1 Å². The Balaban J connectivity index is 1.36. The first kappa shape index (κ1) is 19.8. The van der Waals surface area contributed by atoms with E-state index in [4.69, 9.17) is 16.1 Å². The number of carbonyl (C=O) groups is 1. The molecule has 152 valence electrons.